The molecule has 0 fully saturated rings. The summed E-state index contributed by atoms with van der Waals surface area (Å²) in [5.41, 5.74) is 0.272. The van der Waals surface area contributed by atoms with Crippen molar-refractivity contribution >= 4 is 33.2 Å². The Bertz CT molecular complexity index is 1040. The number of carbonyl (C=O) groups is 1. The van der Waals surface area contributed by atoms with Crippen molar-refractivity contribution < 1.29 is 40.6 Å². The second-order valence-corrected chi connectivity index (χ2v) is 8.07. The summed E-state index contributed by atoms with van der Waals surface area (Å²) in [5.74, 6) is -0.223. The second kappa shape index (κ2) is 8.58. The first-order valence-electron chi connectivity index (χ1n) is 8.28. The van der Waals surface area contributed by atoms with Gasteiger partial charge in [-0.2, -0.15) is 0 Å². The summed E-state index contributed by atoms with van der Waals surface area (Å²) < 4.78 is 77.1. The molecule has 0 saturated heterocycles. The number of hydrogen-bond acceptors (Lipinski definition) is 6. The number of hydrogen-bond donors (Lipinski definition) is 2. The van der Waals surface area contributed by atoms with E-state index in [0.29, 0.717) is 11.5 Å². The molecular formula is C17H14ClF3N2O6S. The van der Waals surface area contributed by atoms with E-state index < -0.39 is 28.0 Å². The van der Waals surface area contributed by atoms with Gasteiger partial charge in [-0.1, -0.05) is 11.6 Å². The third-order valence-corrected chi connectivity index (χ3v) is 5.54. The minimum atomic E-state index is -4.88. The molecule has 2 aromatic rings. The summed E-state index contributed by atoms with van der Waals surface area (Å²) in [7, 11) is -4.03. The number of carbonyl (C=O) groups excluding carboxylic acids is 1. The summed E-state index contributed by atoms with van der Waals surface area (Å²) in [6, 6.07) is 6.62. The van der Waals surface area contributed by atoms with Gasteiger partial charge in [-0.05, 0) is 24.3 Å². The number of ether oxygens (including phenoxy) is 3. The summed E-state index contributed by atoms with van der Waals surface area (Å²) >= 11 is 6.05. The molecule has 0 bridgehead atoms. The number of benzene rings is 2. The predicted octanol–water partition coefficient (Wildman–Crippen LogP) is 3.27. The number of amides is 1. The minimum Gasteiger partial charge on any atom is -0.454 e. The molecule has 1 aliphatic heterocycles. The maximum atomic E-state index is 12.2. The van der Waals surface area contributed by atoms with E-state index in [9.17, 15) is 26.4 Å². The lowest BCUT2D eigenvalue weighted by Crippen LogP contribution is -2.28. The van der Waals surface area contributed by atoms with Crippen LogP contribution in [0, 0.1) is 0 Å². The largest absolute Gasteiger partial charge is 0.573 e. The molecule has 1 heterocycles. The highest BCUT2D eigenvalue weighted by molar-refractivity contribution is 7.89. The molecule has 0 radical (unpaired) electrons. The number of alkyl halides is 3. The average molecular weight is 467 g/mol. The number of halogens is 4. The van der Waals surface area contributed by atoms with Crippen molar-refractivity contribution in [3.05, 3.63) is 41.4 Å². The maximum absolute atomic E-state index is 12.2. The lowest BCUT2D eigenvalue weighted by atomic mass is 10.2. The fourth-order valence-corrected chi connectivity index (χ4v) is 3.66. The molecule has 8 nitrogen and oxygen atoms in total. The Hall–Kier alpha value is -2.70. The van der Waals surface area contributed by atoms with E-state index in [-0.39, 0.29) is 35.4 Å². The van der Waals surface area contributed by atoms with Crippen molar-refractivity contribution in [3.8, 4) is 17.2 Å². The highest BCUT2D eigenvalue weighted by Gasteiger charge is 2.31. The van der Waals surface area contributed by atoms with E-state index in [1.165, 1.54) is 12.1 Å². The van der Waals surface area contributed by atoms with Gasteiger partial charge in [0, 0.05) is 25.1 Å². The molecule has 2 aromatic carbocycles. The highest BCUT2D eigenvalue weighted by atomic mass is 35.5. The van der Waals surface area contributed by atoms with Gasteiger partial charge in [0.1, 0.15) is 5.75 Å². The topological polar surface area (TPSA) is 103 Å². The van der Waals surface area contributed by atoms with Crippen molar-refractivity contribution in [2.24, 2.45) is 0 Å². The lowest BCUT2D eigenvalue weighted by Gasteiger charge is -2.11. The molecule has 3 rings (SSSR count). The molecule has 1 amide bonds. The molecular weight excluding hydrogens is 453 g/mol. The van der Waals surface area contributed by atoms with Crippen molar-refractivity contribution in [1.82, 2.24) is 4.72 Å². The summed E-state index contributed by atoms with van der Waals surface area (Å²) in [6.45, 7) is -0.217. The standard InChI is InChI=1S/C17H14ClF3N2O6S/c18-12-7-14-15(28-9-27-14)8-13(12)23-16(24)5-6-22-30(25,26)11-3-1-10(2-4-11)29-17(19,20)21/h1-4,7-8,22H,5-6,9H2,(H,23,24). The first kappa shape index (κ1) is 22.0. The van der Waals surface area contributed by atoms with Crippen LogP contribution in [0.4, 0.5) is 18.9 Å². The Morgan fingerprint density at radius 2 is 1.77 bits per heavy atom. The normalized spacial score (nSPS) is 13.2. The molecule has 13 heteroatoms. The predicted molar refractivity (Wildman–Crippen MR) is 99.1 cm³/mol. The van der Waals surface area contributed by atoms with E-state index in [0.717, 1.165) is 24.3 Å². The van der Waals surface area contributed by atoms with Crippen LogP contribution in [0.25, 0.3) is 0 Å². The molecule has 0 saturated carbocycles. The molecule has 0 spiro atoms. The number of nitrogens with one attached hydrogen (secondary N) is 2. The van der Waals surface area contributed by atoms with Gasteiger partial charge in [-0.15, -0.1) is 13.2 Å². The molecule has 30 heavy (non-hydrogen) atoms. The number of anilines is 1. The van der Waals surface area contributed by atoms with E-state index in [1.54, 1.807) is 0 Å². The van der Waals surface area contributed by atoms with Crippen LogP contribution < -0.4 is 24.2 Å². The highest BCUT2D eigenvalue weighted by Crippen LogP contribution is 2.39. The van der Waals surface area contributed by atoms with Crippen LogP contribution >= 0.6 is 11.6 Å². The lowest BCUT2D eigenvalue weighted by molar-refractivity contribution is -0.274. The number of fused-ring (bicyclic) bond motifs is 1. The summed E-state index contributed by atoms with van der Waals surface area (Å²) in [5, 5.41) is 2.75. The monoisotopic (exact) mass is 466 g/mol. The van der Waals surface area contributed by atoms with Crippen molar-refractivity contribution in [2.45, 2.75) is 17.7 Å². The third kappa shape index (κ3) is 5.68. The average Bonchev–Trinajstić information content (AvgIpc) is 3.08. The molecule has 1 aliphatic rings. The number of sulfonamides is 1. The molecule has 0 aromatic heterocycles. The van der Waals surface area contributed by atoms with Gasteiger partial charge in [0.15, 0.2) is 11.5 Å². The molecule has 162 valence electrons. The fourth-order valence-electron chi connectivity index (χ4n) is 2.43. The van der Waals surface area contributed by atoms with Crippen molar-refractivity contribution in [1.29, 1.82) is 0 Å². The second-order valence-electron chi connectivity index (χ2n) is 5.90. The van der Waals surface area contributed by atoms with Gasteiger partial charge < -0.3 is 19.5 Å². The zero-order valence-electron chi connectivity index (χ0n) is 15.0. The van der Waals surface area contributed by atoms with Crippen LogP contribution in [0.1, 0.15) is 6.42 Å². The van der Waals surface area contributed by atoms with Gasteiger partial charge in [0.2, 0.25) is 22.7 Å². The Balaban J connectivity index is 1.53. The van der Waals surface area contributed by atoms with Crippen LogP contribution in [0.2, 0.25) is 5.02 Å². The van der Waals surface area contributed by atoms with E-state index in [4.69, 9.17) is 21.1 Å². The summed E-state index contributed by atoms with van der Waals surface area (Å²) in [4.78, 5) is 11.8. The van der Waals surface area contributed by atoms with E-state index in [1.807, 2.05) is 0 Å². The Morgan fingerprint density at radius 1 is 1.13 bits per heavy atom. The van der Waals surface area contributed by atoms with Crippen LogP contribution in [0.15, 0.2) is 41.3 Å². The van der Waals surface area contributed by atoms with Gasteiger partial charge >= 0.3 is 6.36 Å². The quantitative estimate of drug-likeness (QED) is 0.649. The van der Waals surface area contributed by atoms with E-state index in [2.05, 4.69) is 14.8 Å². The molecule has 0 aliphatic carbocycles. The fraction of sp³-hybridized carbons (Fsp3) is 0.235. The van der Waals surface area contributed by atoms with Gasteiger partial charge in [-0.25, -0.2) is 13.1 Å². The van der Waals surface area contributed by atoms with Crippen molar-refractivity contribution in [2.75, 3.05) is 18.7 Å². The summed E-state index contributed by atoms with van der Waals surface area (Å²) in [6.07, 6.45) is -5.11. The SMILES string of the molecule is O=C(CCNS(=O)(=O)c1ccc(OC(F)(F)F)cc1)Nc1cc2c(cc1Cl)OCO2. The molecule has 2 N–H and O–H groups in total. The zero-order valence-corrected chi connectivity index (χ0v) is 16.5. The van der Waals surface area contributed by atoms with Crippen LogP contribution in [0.5, 0.6) is 17.2 Å². The minimum absolute atomic E-state index is 0.0359. The third-order valence-electron chi connectivity index (χ3n) is 3.75. The molecule has 0 atom stereocenters. The van der Waals surface area contributed by atoms with Gasteiger partial charge in [0.25, 0.3) is 0 Å². The van der Waals surface area contributed by atoms with Crippen LogP contribution in [-0.2, 0) is 14.8 Å². The van der Waals surface area contributed by atoms with Gasteiger partial charge in [0.05, 0.1) is 15.6 Å². The molecule has 0 unspecified atom stereocenters. The Morgan fingerprint density at radius 3 is 2.40 bits per heavy atom. The maximum Gasteiger partial charge on any atom is 0.573 e. The van der Waals surface area contributed by atoms with Gasteiger partial charge in [-0.3, -0.25) is 4.79 Å². The Labute approximate surface area is 173 Å². The first-order valence-corrected chi connectivity index (χ1v) is 10.1. The van der Waals surface area contributed by atoms with E-state index >= 15 is 0 Å². The Kier molecular flexibility index (Phi) is 6.29. The first-order chi connectivity index (χ1) is 14.0. The van der Waals surface area contributed by atoms with Crippen LogP contribution in [0.3, 0.4) is 0 Å². The van der Waals surface area contributed by atoms with Crippen LogP contribution in [-0.4, -0.2) is 34.0 Å². The number of rotatable bonds is 7. The van der Waals surface area contributed by atoms with Crippen molar-refractivity contribution in [3.63, 3.8) is 0 Å². The zero-order chi connectivity index (χ0) is 21.9. The smallest absolute Gasteiger partial charge is 0.454 e.